The number of amides is 3. The summed E-state index contributed by atoms with van der Waals surface area (Å²) in [5, 5.41) is 3.04. The number of hydrogen-bond acceptors (Lipinski definition) is 5. The van der Waals surface area contributed by atoms with E-state index in [2.05, 4.69) is 39.2 Å². The Morgan fingerprint density at radius 3 is 2.42 bits per heavy atom. The van der Waals surface area contributed by atoms with Crippen molar-refractivity contribution in [2.45, 2.75) is 103 Å². The molecule has 1 saturated heterocycles. The number of hydrogen-bond donors (Lipinski definition) is 1. The van der Waals surface area contributed by atoms with E-state index in [9.17, 15) is 14.4 Å². The van der Waals surface area contributed by atoms with Gasteiger partial charge < -0.3 is 14.5 Å². The zero-order valence-electron chi connectivity index (χ0n) is 22.7. The maximum atomic E-state index is 14.0. The molecule has 2 aliphatic heterocycles. The number of para-hydroxylation sites is 1. The van der Waals surface area contributed by atoms with Crippen molar-refractivity contribution in [3.05, 3.63) is 29.8 Å². The van der Waals surface area contributed by atoms with Gasteiger partial charge in [0.15, 0.2) is 14.0 Å². The van der Waals surface area contributed by atoms with Gasteiger partial charge in [0.05, 0.1) is 23.4 Å². The van der Waals surface area contributed by atoms with Crippen LogP contribution in [-0.2, 0) is 14.0 Å². The third kappa shape index (κ3) is 4.86. The largest absolute Gasteiger partial charge is 0.467 e. The van der Waals surface area contributed by atoms with Gasteiger partial charge in [-0.2, -0.15) is 0 Å². The van der Waals surface area contributed by atoms with Crippen molar-refractivity contribution in [2.24, 2.45) is 11.8 Å². The Morgan fingerprint density at radius 1 is 1.17 bits per heavy atom. The molecule has 2 heterocycles. The molecule has 1 spiro atoms. The fourth-order valence-electron chi connectivity index (χ4n) is 5.43. The molecule has 7 nitrogen and oxygen atoms in total. The van der Waals surface area contributed by atoms with Crippen LogP contribution in [0.3, 0.4) is 0 Å². The highest BCUT2D eigenvalue weighted by molar-refractivity contribution is 6.74. The number of β-lactam (4-membered cyclic amide) rings is 1. The van der Waals surface area contributed by atoms with Gasteiger partial charge in [0, 0.05) is 19.4 Å². The van der Waals surface area contributed by atoms with Crippen LogP contribution < -0.4 is 10.1 Å². The standard InChI is InChI=1S/C28H42N2O5Si/c1-19(23-21(24(31)29-23)15-18-34-36(5,6)27(2,3)4)25(32)30-26(33)20-13-9-10-14-22(20)35-28(30)16-11-7-8-12-17-28/h9-10,13-14,19,21,23H,7-8,11-12,15-18H2,1-6H3,(H,29,31)/t19?,21-,23-/m1/s1. The molecule has 36 heavy (non-hydrogen) atoms. The number of nitrogens with zero attached hydrogens (tertiary/aromatic N) is 1. The smallest absolute Gasteiger partial charge is 0.267 e. The number of nitrogens with one attached hydrogen (secondary N) is 1. The highest BCUT2D eigenvalue weighted by atomic mass is 28.4. The first-order chi connectivity index (χ1) is 16.9. The predicted octanol–water partition coefficient (Wildman–Crippen LogP) is 5.26. The lowest BCUT2D eigenvalue weighted by atomic mass is 9.79. The third-order valence-corrected chi connectivity index (χ3v) is 13.4. The third-order valence-electron chi connectivity index (χ3n) is 8.84. The van der Waals surface area contributed by atoms with Gasteiger partial charge in [0.1, 0.15) is 5.75 Å². The number of carbonyl (C=O) groups is 3. The first-order valence-corrected chi connectivity index (χ1v) is 16.4. The van der Waals surface area contributed by atoms with Crippen molar-refractivity contribution in [2.75, 3.05) is 6.61 Å². The van der Waals surface area contributed by atoms with Gasteiger partial charge in [-0.1, -0.05) is 52.7 Å². The number of carbonyl (C=O) groups excluding carboxylic acids is 3. The van der Waals surface area contributed by atoms with Crippen molar-refractivity contribution >= 4 is 26.0 Å². The molecule has 3 atom stereocenters. The molecule has 1 aromatic carbocycles. The van der Waals surface area contributed by atoms with Crippen LogP contribution in [0.25, 0.3) is 0 Å². The molecule has 198 valence electrons. The molecule has 1 saturated carbocycles. The minimum atomic E-state index is -1.92. The number of imide groups is 1. The van der Waals surface area contributed by atoms with Crippen molar-refractivity contribution in [1.82, 2.24) is 10.2 Å². The highest BCUT2D eigenvalue weighted by Gasteiger charge is 2.54. The van der Waals surface area contributed by atoms with E-state index in [0.717, 1.165) is 25.7 Å². The lowest BCUT2D eigenvalue weighted by molar-refractivity contribution is -0.158. The molecule has 0 aromatic heterocycles. The van der Waals surface area contributed by atoms with E-state index in [4.69, 9.17) is 9.16 Å². The van der Waals surface area contributed by atoms with Gasteiger partial charge in [-0.05, 0) is 49.5 Å². The second kappa shape index (κ2) is 9.93. The summed E-state index contributed by atoms with van der Waals surface area (Å²) >= 11 is 0. The highest BCUT2D eigenvalue weighted by Crippen LogP contribution is 2.43. The van der Waals surface area contributed by atoms with Crippen molar-refractivity contribution in [3.8, 4) is 5.75 Å². The van der Waals surface area contributed by atoms with E-state index in [1.54, 1.807) is 12.1 Å². The zero-order valence-corrected chi connectivity index (χ0v) is 23.7. The number of rotatable bonds is 6. The number of fused-ring (bicyclic) bond motifs is 1. The van der Waals surface area contributed by atoms with E-state index in [0.29, 0.717) is 37.2 Å². The Kier molecular flexibility index (Phi) is 7.41. The summed E-state index contributed by atoms with van der Waals surface area (Å²) in [6.45, 7) is 13.3. The molecule has 3 aliphatic rings. The molecular formula is C28H42N2O5Si. The maximum Gasteiger partial charge on any atom is 0.267 e. The normalized spacial score (nSPS) is 24.8. The van der Waals surface area contributed by atoms with E-state index < -0.39 is 20.0 Å². The average Bonchev–Trinajstić information content (AvgIpc) is 3.04. The molecule has 2 fully saturated rings. The van der Waals surface area contributed by atoms with Gasteiger partial charge in [0.25, 0.3) is 5.91 Å². The van der Waals surface area contributed by atoms with E-state index in [1.165, 1.54) is 4.90 Å². The summed E-state index contributed by atoms with van der Waals surface area (Å²) in [7, 11) is -1.92. The molecule has 8 heteroatoms. The van der Waals surface area contributed by atoms with Gasteiger partial charge >= 0.3 is 0 Å². The Balaban J connectivity index is 1.52. The van der Waals surface area contributed by atoms with E-state index in [1.807, 2.05) is 19.1 Å². The summed E-state index contributed by atoms with van der Waals surface area (Å²) in [4.78, 5) is 41.6. The van der Waals surface area contributed by atoms with Crippen LogP contribution >= 0.6 is 0 Å². The fraction of sp³-hybridized carbons (Fsp3) is 0.679. The Bertz CT molecular complexity index is 1010. The van der Waals surface area contributed by atoms with Crippen LogP contribution in [0.15, 0.2) is 24.3 Å². The Morgan fingerprint density at radius 2 is 1.81 bits per heavy atom. The topological polar surface area (TPSA) is 84.9 Å². The van der Waals surface area contributed by atoms with Crippen LogP contribution in [0.1, 0.15) is 83.0 Å². The lowest BCUT2D eigenvalue weighted by Gasteiger charge is -2.48. The van der Waals surface area contributed by atoms with Crippen molar-refractivity contribution in [3.63, 3.8) is 0 Å². The van der Waals surface area contributed by atoms with Gasteiger partial charge in [0.2, 0.25) is 11.8 Å². The average molecular weight is 515 g/mol. The first kappa shape index (κ1) is 26.9. The Labute approximate surface area is 216 Å². The maximum absolute atomic E-state index is 14.0. The molecule has 1 N–H and O–H groups in total. The van der Waals surface area contributed by atoms with Crippen LogP contribution in [-0.4, -0.2) is 49.3 Å². The minimum Gasteiger partial charge on any atom is -0.467 e. The molecule has 1 aliphatic carbocycles. The minimum absolute atomic E-state index is 0.0470. The summed E-state index contributed by atoms with van der Waals surface area (Å²) in [5.41, 5.74) is -0.535. The SMILES string of the molecule is CC(C(=O)N1C(=O)c2ccccc2OC12CCCCCC2)[C@H]1NC(=O)[C@@H]1CCO[Si](C)(C)C(C)(C)C. The predicted molar refractivity (Wildman–Crippen MR) is 141 cm³/mol. The van der Waals surface area contributed by atoms with Gasteiger partial charge in [-0.3, -0.25) is 14.4 Å². The summed E-state index contributed by atoms with van der Waals surface area (Å²) in [5.74, 6) is -0.894. The molecule has 1 aromatic rings. The van der Waals surface area contributed by atoms with Crippen LogP contribution in [0.2, 0.25) is 18.1 Å². The van der Waals surface area contributed by atoms with Crippen LogP contribution in [0.4, 0.5) is 0 Å². The number of benzene rings is 1. The van der Waals surface area contributed by atoms with E-state index >= 15 is 0 Å². The van der Waals surface area contributed by atoms with Crippen LogP contribution in [0.5, 0.6) is 5.75 Å². The molecule has 4 rings (SSSR count). The molecule has 0 bridgehead atoms. The summed E-state index contributed by atoms with van der Waals surface area (Å²) in [6, 6.07) is 6.87. The zero-order chi connectivity index (χ0) is 26.3. The second-order valence-corrected chi connectivity index (χ2v) is 17.1. The summed E-state index contributed by atoms with van der Waals surface area (Å²) in [6.07, 6.45) is 5.77. The molecule has 1 unspecified atom stereocenters. The van der Waals surface area contributed by atoms with Gasteiger partial charge in [-0.15, -0.1) is 0 Å². The fourth-order valence-corrected chi connectivity index (χ4v) is 6.49. The van der Waals surface area contributed by atoms with Crippen molar-refractivity contribution in [1.29, 1.82) is 0 Å². The molecule has 3 amide bonds. The first-order valence-electron chi connectivity index (χ1n) is 13.5. The summed E-state index contributed by atoms with van der Waals surface area (Å²) < 4.78 is 12.8. The number of ether oxygens (including phenoxy) is 1. The quantitative estimate of drug-likeness (QED) is 0.413. The monoisotopic (exact) mass is 514 g/mol. The second-order valence-electron chi connectivity index (χ2n) is 12.3. The lowest BCUT2D eigenvalue weighted by Crippen LogP contribution is -2.67. The molecule has 0 radical (unpaired) electrons. The Hall–Kier alpha value is -2.19. The van der Waals surface area contributed by atoms with E-state index in [-0.39, 0.29) is 34.7 Å². The molecular weight excluding hydrogens is 472 g/mol. The van der Waals surface area contributed by atoms with Crippen molar-refractivity contribution < 1.29 is 23.5 Å². The van der Waals surface area contributed by atoms with Crippen LogP contribution in [0, 0.1) is 11.8 Å². The van der Waals surface area contributed by atoms with Gasteiger partial charge in [-0.25, -0.2) is 4.90 Å².